The van der Waals surface area contributed by atoms with Gasteiger partial charge >= 0.3 is 0 Å². The number of nitrogens with one attached hydrogen (secondary N) is 2. The summed E-state index contributed by atoms with van der Waals surface area (Å²) in [6.45, 7) is 2.72. The van der Waals surface area contributed by atoms with Crippen LogP contribution < -0.4 is 10.6 Å². The molecule has 9 heteroatoms. The lowest BCUT2D eigenvalue weighted by Crippen LogP contribution is -2.50. The number of likely N-dealkylation sites (N-methyl/N-ethyl adjacent to an activating group) is 1. The number of carbonyl (C=O) groups is 2. The highest BCUT2D eigenvalue weighted by Gasteiger charge is 2.23. The Balaban J connectivity index is 1.83. The molecule has 0 bridgehead atoms. The maximum Gasteiger partial charge on any atom is 0.243 e. The number of piperidine rings is 1. The van der Waals surface area contributed by atoms with E-state index in [1.807, 2.05) is 23.1 Å². The average Bonchev–Trinajstić information content (AvgIpc) is 2.79. The maximum absolute atomic E-state index is 12.2. The summed E-state index contributed by atoms with van der Waals surface area (Å²) in [5.74, 6) is 1.63. The van der Waals surface area contributed by atoms with Crippen LogP contribution >= 0.6 is 11.8 Å². The normalized spacial score (nSPS) is 14.9. The lowest BCUT2D eigenvalue weighted by Gasteiger charge is -2.33. The van der Waals surface area contributed by atoms with Gasteiger partial charge in [0.1, 0.15) is 6.54 Å². The third-order valence-corrected chi connectivity index (χ3v) is 6.00. The molecule has 0 radical (unpaired) electrons. The number of carbonyl (C=O) groups excluding carboxylic acids is 2. The molecule has 8 nitrogen and oxygen atoms in total. The third kappa shape index (κ3) is 9.61. The van der Waals surface area contributed by atoms with Crippen LogP contribution in [0.4, 0.5) is 0 Å². The van der Waals surface area contributed by atoms with Crippen LogP contribution in [0.3, 0.4) is 0 Å². The quantitative estimate of drug-likeness (QED) is 0.243. The molecular weight excluding hydrogens is 414 g/mol. The summed E-state index contributed by atoms with van der Waals surface area (Å²) in [6, 6.07) is 10.5. The van der Waals surface area contributed by atoms with Crippen LogP contribution in [0, 0.1) is 0 Å². The molecule has 0 unspecified atom stereocenters. The number of guanidine groups is 1. The summed E-state index contributed by atoms with van der Waals surface area (Å²) in [5, 5.41) is 6.79. The van der Waals surface area contributed by atoms with Gasteiger partial charge in [0.2, 0.25) is 11.8 Å². The van der Waals surface area contributed by atoms with Crippen molar-refractivity contribution in [2.45, 2.75) is 30.2 Å². The summed E-state index contributed by atoms with van der Waals surface area (Å²) in [5.41, 5.74) is 0. The molecule has 31 heavy (non-hydrogen) atoms. The molecule has 2 N–H and O–H groups in total. The van der Waals surface area contributed by atoms with Gasteiger partial charge in [-0.1, -0.05) is 18.2 Å². The average molecular weight is 450 g/mol. The Morgan fingerprint density at radius 3 is 2.58 bits per heavy atom. The zero-order valence-corrected chi connectivity index (χ0v) is 19.6. The second-order valence-electron chi connectivity index (χ2n) is 7.58. The van der Waals surface area contributed by atoms with E-state index in [9.17, 15) is 9.59 Å². The van der Waals surface area contributed by atoms with E-state index in [-0.39, 0.29) is 24.4 Å². The molecule has 0 spiro atoms. The van der Waals surface area contributed by atoms with Crippen molar-refractivity contribution in [2.24, 2.45) is 4.99 Å². The molecular formula is C22H35N5O3S. The first-order valence-electron chi connectivity index (χ1n) is 10.7. The van der Waals surface area contributed by atoms with Crippen molar-refractivity contribution in [2.75, 3.05) is 59.7 Å². The van der Waals surface area contributed by atoms with Gasteiger partial charge in [0.15, 0.2) is 5.96 Å². The topological polar surface area (TPSA) is 86.3 Å². The molecule has 1 aliphatic rings. The van der Waals surface area contributed by atoms with Crippen molar-refractivity contribution in [1.82, 2.24) is 20.4 Å². The molecule has 1 saturated heterocycles. The predicted octanol–water partition coefficient (Wildman–Crippen LogP) is 1.43. The molecule has 172 valence electrons. The minimum Gasteiger partial charge on any atom is -0.384 e. The van der Waals surface area contributed by atoms with Gasteiger partial charge in [0.05, 0.1) is 13.0 Å². The van der Waals surface area contributed by atoms with Gasteiger partial charge in [-0.25, -0.2) is 4.99 Å². The van der Waals surface area contributed by atoms with E-state index in [0.717, 1.165) is 25.1 Å². The highest BCUT2D eigenvalue weighted by Crippen LogP contribution is 2.16. The molecule has 0 saturated carbocycles. The van der Waals surface area contributed by atoms with E-state index in [1.54, 1.807) is 33.0 Å². The molecule has 1 aromatic carbocycles. The zero-order chi connectivity index (χ0) is 22.5. The molecule has 0 atom stereocenters. The number of thioether (sulfide) groups is 1. The molecule has 1 fully saturated rings. The van der Waals surface area contributed by atoms with E-state index < -0.39 is 0 Å². The van der Waals surface area contributed by atoms with Gasteiger partial charge in [0.25, 0.3) is 0 Å². The number of hydrogen-bond donors (Lipinski definition) is 2. The van der Waals surface area contributed by atoms with Crippen LogP contribution in [0.25, 0.3) is 0 Å². The Hall–Kier alpha value is -2.26. The number of likely N-dealkylation sites (tertiary alicyclic amines) is 1. The van der Waals surface area contributed by atoms with Gasteiger partial charge < -0.3 is 25.2 Å². The second kappa shape index (κ2) is 13.9. The van der Waals surface area contributed by atoms with E-state index >= 15 is 0 Å². The van der Waals surface area contributed by atoms with Crippen LogP contribution in [0.1, 0.15) is 19.3 Å². The molecule has 1 aliphatic heterocycles. The maximum atomic E-state index is 12.2. The van der Waals surface area contributed by atoms with Crippen molar-refractivity contribution >= 4 is 29.5 Å². The Bertz CT molecular complexity index is 706. The monoisotopic (exact) mass is 449 g/mol. The summed E-state index contributed by atoms with van der Waals surface area (Å²) in [6.07, 6.45) is 2.12. The predicted molar refractivity (Wildman–Crippen MR) is 125 cm³/mol. The second-order valence-corrected chi connectivity index (χ2v) is 8.75. The highest BCUT2D eigenvalue weighted by molar-refractivity contribution is 7.99. The molecule has 2 rings (SSSR count). The number of methoxy groups -OCH3 is 1. The van der Waals surface area contributed by atoms with Crippen LogP contribution in [0.2, 0.25) is 0 Å². The Kier molecular flexibility index (Phi) is 11.2. The fourth-order valence-electron chi connectivity index (χ4n) is 3.11. The van der Waals surface area contributed by atoms with Crippen LogP contribution in [-0.2, 0) is 14.3 Å². The van der Waals surface area contributed by atoms with Crippen LogP contribution in [0.5, 0.6) is 0 Å². The van der Waals surface area contributed by atoms with Crippen LogP contribution in [0.15, 0.2) is 40.2 Å². The lowest BCUT2D eigenvalue weighted by atomic mass is 10.0. The minimum atomic E-state index is -0.0432. The SMILES string of the molecule is COCCC(=O)N1CCC(NC(=NCC(=O)N(C)C)NCCSc2ccccc2)CC1. The van der Waals surface area contributed by atoms with E-state index in [1.165, 1.54) is 9.80 Å². The molecule has 2 amide bonds. The number of hydrogen-bond acceptors (Lipinski definition) is 5. The smallest absolute Gasteiger partial charge is 0.243 e. The van der Waals surface area contributed by atoms with Gasteiger partial charge in [-0.3, -0.25) is 9.59 Å². The number of amides is 2. The van der Waals surface area contributed by atoms with Crippen molar-refractivity contribution in [1.29, 1.82) is 0 Å². The zero-order valence-electron chi connectivity index (χ0n) is 18.8. The van der Waals surface area contributed by atoms with Crippen molar-refractivity contribution in [3.63, 3.8) is 0 Å². The van der Waals surface area contributed by atoms with E-state index in [2.05, 4.69) is 27.8 Å². The molecule has 1 aromatic rings. The van der Waals surface area contributed by atoms with E-state index in [0.29, 0.717) is 32.1 Å². The first kappa shape index (κ1) is 25.0. The molecule has 1 heterocycles. The van der Waals surface area contributed by atoms with Crippen LogP contribution in [-0.4, -0.2) is 93.4 Å². The number of aliphatic imine (C=N–C) groups is 1. The van der Waals surface area contributed by atoms with Gasteiger partial charge in [-0.05, 0) is 25.0 Å². The Morgan fingerprint density at radius 2 is 1.94 bits per heavy atom. The third-order valence-electron chi connectivity index (χ3n) is 4.99. The number of ether oxygens (including phenoxy) is 1. The largest absolute Gasteiger partial charge is 0.384 e. The standard InChI is InChI=1S/C22H35N5O3S/c1-26(2)21(29)17-24-22(23-12-16-31-19-7-5-4-6-8-19)25-18-9-13-27(14-10-18)20(28)11-15-30-3/h4-8,18H,9-17H2,1-3H3,(H2,23,24,25). The van der Waals surface area contributed by atoms with Gasteiger partial charge in [-0.15, -0.1) is 11.8 Å². The van der Waals surface area contributed by atoms with Gasteiger partial charge in [0, 0.05) is 57.5 Å². The molecule has 0 aromatic heterocycles. The summed E-state index contributed by atoms with van der Waals surface area (Å²) in [4.78, 5) is 33.3. The summed E-state index contributed by atoms with van der Waals surface area (Å²) >= 11 is 1.77. The number of benzene rings is 1. The summed E-state index contributed by atoms with van der Waals surface area (Å²) < 4.78 is 5.00. The Morgan fingerprint density at radius 1 is 1.23 bits per heavy atom. The minimum absolute atomic E-state index is 0.0432. The van der Waals surface area contributed by atoms with E-state index in [4.69, 9.17) is 4.74 Å². The first-order chi connectivity index (χ1) is 15.0. The lowest BCUT2D eigenvalue weighted by molar-refractivity contribution is -0.133. The summed E-state index contributed by atoms with van der Waals surface area (Å²) in [7, 11) is 5.06. The number of nitrogens with zero attached hydrogens (tertiary/aromatic N) is 3. The Labute approximate surface area is 189 Å². The molecule has 0 aliphatic carbocycles. The van der Waals surface area contributed by atoms with Crippen molar-refractivity contribution < 1.29 is 14.3 Å². The fraction of sp³-hybridized carbons (Fsp3) is 0.591. The fourth-order valence-corrected chi connectivity index (χ4v) is 3.90. The van der Waals surface area contributed by atoms with Crippen molar-refractivity contribution in [3.8, 4) is 0 Å². The first-order valence-corrected chi connectivity index (χ1v) is 11.7. The van der Waals surface area contributed by atoms with Crippen molar-refractivity contribution in [3.05, 3.63) is 30.3 Å². The number of rotatable bonds is 10. The van der Waals surface area contributed by atoms with Gasteiger partial charge in [-0.2, -0.15) is 0 Å². The highest BCUT2D eigenvalue weighted by atomic mass is 32.2.